The second-order valence-corrected chi connectivity index (χ2v) is 11.6. The largest absolute Gasteiger partial charge is 0.504 e. The molecule has 1 saturated heterocycles. The molecule has 2 unspecified atom stereocenters. The number of phenolic OH excluding ortho intramolecular Hbond substituents is 1. The molecule has 4 aliphatic rings. The van der Waals surface area contributed by atoms with Gasteiger partial charge >= 0.3 is 10.2 Å². The molecular formula is C26H29FN2O5S. The van der Waals surface area contributed by atoms with E-state index in [4.69, 9.17) is 4.74 Å². The first kappa shape index (κ1) is 22.8. The van der Waals surface area contributed by atoms with Crippen molar-refractivity contribution in [3.05, 3.63) is 60.2 Å². The molecule has 2 fully saturated rings. The lowest BCUT2D eigenvalue weighted by molar-refractivity contribution is -0.187. The SMILES string of the molecule is C=CCN1CC[C@]23c4c5ccc(O)c4OC2[C@H](N(C)c2ccc(S(=O)(=O)F)cc2)CC[C@@]3(O)C1C5. The fourth-order valence-corrected chi connectivity index (χ4v) is 7.88. The van der Waals surface area contributed by atoms with E-state index < -0.39 is 27.3 Å². The monoisotopic (exact) mass is 500 g/mol. The zero-order chi connectivity index (χ0) is 24.8. The summed E-state index contributed by atoms with van der Waals surface area (Å²) in [6, 6.07) is 9.10. The summed E-state index contributed by atoms with van der Waals surface area (Å²) in [6.45, 7) is 5.39. The molecule has 2 aromatic rings. The number of nitrogens with zero attached hydrogens (tertiary/aromatic N) is 2. The molecule has 2 aromatic carbocycles. The van der Waals surface area contributed by atoms with E-state index in [2.05, 4.69) is 11.5 Å². The number of anilines is 1. The Morgan fingerprint density at radius 3 is 2.69 bits per heavy atom. The van der Waals surface area contributed by atoms with E-state index in [1.165, 1.54) is 12.1 Å². The smallest absolute Gasteiger partial charge is 0.332 e. The average molecular weight is 501 g/mol. The Hall–Kier alpha value is -2.62. The summed E-state index contributed by atoms with van der Waals surface area (Å²) < 4.78 is 42.5. The molecule has 0 radical (unpaired) electrons. The number of aromatic hydroxyl groups is 1. The number of rotatable bonds is 5. The fraction of sp³-hybridized carbons (Fsp3) is 0.462. The highest BCUT2D eigenvalue weighted by Gasteiger charge is 2.73. The van der Waals surface area contributed by atoms with Gasteiger partial charge in [-0.25, -0.2) is 0 Å². The van der Waals surface area contributed by atoms with Gasteiger partial charge in [0, 0.05) is 30.9 Å². The highest BCUT2D eigenvalue weighted by Crippen LogP contribution is 2.65. The summed E-state index contributed by atoms with van der Waals surface area (Å²) >= 11 is 0. The minimum Gasteiger partial charge on any atom is -0.504 e. The molecule has 35 heavy (non-hydrogen) atoms. The molecule has 2 N–H and O–H groups in total. The van der Waals surface area contributed by atoms with Crippen LogP contribution in [0.1, 0.15) is 30.4 Å². The summed E-state index contributed by atoms with van der Waals surface area (Å²) in [6.07, 6.45) is 4.04. The van der Waals surface area contributed by atoms with Crippen molar-refractivity contribution in [1.29, 1.82) is 0 Å². The summed E-state index contributed by atoms with van der Waals surface area (Å²) in [4.78, 5) is 3.95. The second kappa shape index (κ2) is 7.44. The van der Waals surface area contributed by atoms with Gasteiger partial charge < -0.3 is 19.8 Å². The van der Waals surface area contributed by atoms with Gasteiger partial charge in [0.05, 0.1) is 22.0 Å². The normalized spacial score (nSPS) is 33.1. The molecule has 5 atom stereocenters. The van der Waals surface area contributed by atoms with E-state index in [0.717, 1.165) is 23.4 Å². The van der Waals surface area contributed by atoms with Crippen LogP contribution in [0.3, 0.4) is 0 Å². The molecule has 186 valence electrons. The molecule has 7 nitrogen and oxygen atoms in total. The minimum atomic E-state index is -4.78. The molecule has 2 heterocycles. The van der Waals surface area contributed by atoms with Crippen LogP contribution in [0.25, 0.3) is 0 Å². The number of likely N-dealkylation sites (tertiary alicyclic amines) is 1. The van der Waals surface area contributed by atoms with Gasteiger partial charge in [0.15, 0.2) is 11.5 Å². The van der Waals surface area contributed by atoms with E-state index >= 15 is 0 Å². The van der Waals surface area contributed by atoms with Crippen molar-refractivity contribution in [2.45, 2.75) is 59.8 Å². The first-order valence-corrected chi connectivity index (χ1v) is 13.4. The summed E-state index contributed by atoms with van der Waals surface area (Å²) in [7, 11) is -2.87. The average Bonchev–Trinajstić information content (AvgIpc) is 3.17. The Labute approximate surface area is 204 Å². The Kier molecular flexibility index (Phi) is 4.85. The van der Waals surface area contributed by atoms with E-state index in [1.807, 2.05) is 24.1 Å². The zero-order valence-corrected chi connectivity index (χ0v) is 20.3. The van der Waals surface area contributed by atoms with Crippen LogP contribution in [-0.4, -0.2) is 67.5 Å². The van der Waals surface area contributed by atoms with Gasteiger partial charge in [-0.15, -0.1) is 10.5 Å². The van der Waals surface area contributed by atoms with Crippen molar-refractivity contribution in [3.63, 3.8) is 0 Å². The quantitative estimate of drug-likeness (QED) is 0.482. The van der Waals surface area contributed by atoms with Gasteiger partial charge in [0.25, 0.3) is 0 Å². The lowest BCUT2D eigenvalue weighted by Crippen LogP contribution is -2.78. The predicted octanol–water partition coefficient (Wildman–Crippen LogP) is 2.90. The van der Waals surface area contributed by atoms with Gasteiger partial charge in [0.2, 0.25) is 0 Å². The maximum Gasteiger partial charge on any atom is 0.332 e. The van der Waals surface area contributed by atoms with Crippen LogP contribution < -0.4 is 9.64 Å². The Morgan fingerprint density at radius 2 is 2.00 bits per heavy atom. The third-order valence-corrected chi connectivity index (χ3v) is 9.76. The molecule has 9 heteroatoms. The molecule has 0 amide bonds. The van der Waals surface area contributed by atoms with Gasteiger partial charge in [0.1, 0.15) is 6.10 Å². The van der Waals surface area contributed by atoms with Crippen LogP contribution in [0.5, 0.6) is 11.5 Å². The maximum atomic E-state index is 13.4. The number of aliphatic hydroxyl groups is 1. The lowest BCUT2D eigenvalue weighted by Gasteiger charge is -2.64. The molecule has 2 bridgehead atoms. The number of piperidine rings is 1. The molecule has 6 rings (SSSR count). The van der Waals surface area contributed by atoms with Gasteiger partial charge in [-0.05, 0) is 68.1 Å². The highest BCUT2D eigenvalue weighted by molar-refractivity contribution is 7.86. The first-order chi connectivity index (χ1) is 16.6. The van der Waals surface area contributed by atoms with Crippen molar-refractivity contribution in [1.82, 2.24) is 4.90 Å². The lowest BCUT2D eigenvalue weighted by atomic mass is 9.48. The van der Waals surface area contributed by atoms with Crippen LogP contribution in [0.2, 0.25) is 0 Å². The second-order valence-electron chi connectivity index (χ2n) is 10.3. The van der Waals surface area contributed by atoms with E-state index in [-0.39, 0.29) is 22.7 Å². The fourth-order valence-electron chi connectivity index (χ4n) is 7.42. The van der Waals surface area contributed by atoms with Gasteiger partial charge in [-0.2, -0.15) is 8.42 Å². The summed E-state index contributed by atoms with van der Waals surface area (Å²) in [5.74, 6) is 0.557. The molecular weight excluding hydrogens is 471 g/mol. The van der Waals surface area contributed by atoms with Crippen LogP contribution in [0.15, 0.2) is 53.9 Å². The third kappa shape index (κ3) is 2.92. The van der Waals surface area contributed by atoms with E-state index in [1.54, 1.807) is 18.2 Å². The van der Waals surface area contributed by atoms with Crippen molar-refractivity contribution >= 4 is 15.9 Å². The number of halogens is 1. The summed E-state index contributed by atoms with van der Waals surface area (Å²) in [5.41, 5.74) is 1.08. The maximum absolute atomic E-state index is 13.4. The van der Waals surface area contributed by atoms with Gasteiger partial charge in [-0.1, -0.05) is 12.1 Å². The van der Waals surface area contributed by atoms with Gasteiger partial charge in [-0.3, -0.25) is 4.90 Å². The molecule has 2 aliphatic carbocycles. The minimum absolute atomic E-state index is 0.0800. The van der Waals surface area contributed by atoms with Crippen molar-refractivity contribution in [3.8, 4) is 11.5 Å². The predicted molar refractivity (Wildman–Crippen MR) is 129 cm³/mol. The van der Waals surface area contributed by atoms with Crippen LogP contribution >= 0.6 is 0 Å². The Bertz CT molecular complexity index is 1320. The molecule has 2 aliphatic heterocycles. The molecule has 0 aromatic heterocycles. The number of likely N-dealkylation sites (N-methyl/N-ethyl adjacent to an activating group) is 1. The number of benzene rings is 2. The highest BCUT2D eigenvalue weighted by atomic mass is 32.3. The number of phenols is 1. The number of hydrogen-bond donors (Lipinski definition) is 2. The van der Waals surface area contributed by atoms with Crippen molar-refractivity contribution in [2.75, 3.05) is 25.0 Å². The topological polar surface area (TPSA) is 90.3 Å². The Morgan fingerprint density at radius 1 is 1.26 bits per heavy atom. The van der Waals surface area contributed by atoms with Crippen molar-refractivity contribution < 1.29 is 27.3 Å². The van der Waals surface area contributed by atoms with E-state index in [9.17, 15) is 22.5 Å². The van der Waals surface area contributed by atoms with Crippen LogP contribution in [-0.2, 0) is 22.1 Å². The first-order valence-electron chi connectivity index (χ1n) is 12.0. The Balaban J connectivity index is 1.45. The number of hydrogen-bond acceptors (Lipinski definition) is 7. The molecule has 1 saturated carbocycles. The zero-order valence-electron chi connectivity index (χ0n) is 19.5. The third-order valence-electron chi connectivity index (χ3n) is 8.93. The summed E-state index contributed by atoms with van der Waals surface area (Å²) in [5, 5.41) is 23.2. The van der Waals surface area contributed by atoms with E-state index in [0.29, 0.717) is 38.0 Å². The standard InChI is InChI=1S/C26H29FN2O5S/c1-3-13-29-14-12-25-22-16-4-9-20(30)23(22)34-24(25)19(10-11-26(25,31)21(29)15-16)28(2)17-5-7-18(8-6-17)35(27,32)33/h3-9,19,21,24,30-31H,1,10-15H2,2H3/t19-,21?,24?,25+,26-/m1/s1. The number of ether oxygens (including phenoxy) is 1. The van der Waals surface area contributed by atoms with Crippen molar-refractivity contribution in [2.24, 2.45) is 0 Å². The van der Waals surface area contributed by atoms with Crippen LogP contribution in [0, 0.1) is 0 Å². The van der Waals surface area contributed by atoms with Crippen LogP contribution in [0.4, 0.5) is 9.57 Å². The molecule has 1 spiro atoms.